The molecule has 0 fully saturated rings. The number of benzene rings is 1. The molecule has 0 saturated carbocycles. The summed E-state index contributed by atoms with van der Waals surface area (Å²) in [5.41, 5.74) is 2.33. The van der Waals surface area contributed by atoms with Gasteiger partial charge in [0.25, 0.3) is 0 Å². The van der Waals surface area contributed by atoms with Crippen molar-refractivity contribution in [3.8, 4) is 6.07 Å². The molecular weight excluding hydrogens is 283 g/mol. The molecule has 96 valence electrons. The lowest BCUT2D eigenvalue weighted by molar-refractivity contribution is 0.903. The standard InChI is InChI=1S/C13H10Cl2N4/c1-19(11-6-12(14)17-18-13(11)15)8-10-4-2-3-9(5-10)7-16/h2-6H,8H2,1H3. The predicted octanol–water partition coefficient (Wildman–Crippen LogP) is 3.29. The van der Waals surface area contributed by atoms with Gasteiger partial charge in [-0.25, -0.2) is 0 Å². The number of halogens is 2. The van der Waals surface area contributed by atoms with Crippen LogP contribution in [0.25, 0.3) is 0 Å². The molecule has 6 heteroatoms. The molecule has 0 saturated heterocycles. The van der Waals surface area contributed by atoms with Gasteiger partial charge < -0.3 is 4.90 Å². The minimum Gasteiger partial charge on any atom is -0.368 e. The van der Waals surface area contributed by atoms with Crippen molar-refractivity contribution in [1.82, 2.24) is 10.2 Å². The monoisotopic (exact) mass is 292 g/mol. The van der Waals surface area contributed by atoms with Gasteiger partial charge in [-0.3, -0.25) is 0 Å². The van der Waals surface area contributed by atoms with E-state index in [4.69, 9.17) is 28.5 Å². The molecular formula is C13H10Cl2N4. The van der Waals surface area contributed by atoms with Crippen LogP contribution in [0, 0.1) is 11.3 Å². The normalized spacial score (nSPS) is 10.0. The molecule has 0 aliphatic rings. The molecule has 0 unspecified atom stereocenters. The van der Waals surface area contributed by atoms with Gasteiger partial charge in [-0.05, 0) is 17.7 Å². The lowest BCUT2D eigenvalue weighted by atomic mass is 10.1. The summed E-state index contributed by atoms with van der Waals surface area (Å²) in [6, 6.07) is 11.2. The van der Waals surface area contributed by atoms with E-state index in [1.54, 1.807) is 12.1 Å². The van der Waals surface area contributed by atoms with Crippen molar-refractivity contribution in [2.75, 3.05) is 11.9 Å². The minimum atomic E-state index is 0.289. The number of rotatable bonds is 3. The third kappa shape index (κ3) is 3.34. The molecule has 2 aromatic rings. The van der Waals surface area contributed by atoms with E-state index in [1.807, 2.05) is 30.1 Å². The van der Waals surface area contributed by atoms with Crippen LogP contribution in [0.4, 0.5) is 5.69 Å². The van der Waals surface area contributed by atoms with Gasteiger partial charge in [-0.1, -0.05) is 35.3 Å². The topological polar surface area (TPSA) is 52.8 Å². The van der Waals surface area contributed by atoms with Gasteiger partial charge in [-0.2, -0.15) is 5.26 Å². The summed E-state index contributed by atoms with van der Waals surface area (Å²) in [7, 11) is 1.87. The van der Waals surface area contributed by atoms with Crippen LogP contribution in [0.15, 0.2) is 30.3 Å². The van der Waals surface area contributed by atoms with Gasteiger partial charge in [0.05, 0.1) is 17.3 Å². The summed E-state index contributed by atoms with van der Waals surface area (Å²) in [4.78, 5) is 1.90. The Balaban J connectivity index is 2.23. The molecule has 0 atom stereocenters. The molecule has 4 nitrogen and oxygen atoms in total. The van der Waals surface area contributed by atoms with Crippen molar-refractivity contribution in [3.05, 3.63) is 51.8 Å². The summed E-state index contributed by atoms with van der Waals surface area (Å²) >= 11 is 11.8. The molecule has 19 heavy (non-hydrogen) atoms. The summed E-state index contributed by atoms with van der Waals surface area (Å²) in [6.45, 7) is 0.595. The van der Waals surface area contributed by atoms with Crippen molar-refractivity contribution in [2.45, 2.75) is 6.54 Å². The zero-order chi connectivity index (χ0) is 13.8. The average molecular weight is 293 g/mol. The van der Waals surface area contributed by atoms with Gasteiger partial charge in [-0.15, -0.1) is 10.2 Å². The Morgan fingerprint density at radius 3 is 2.79 bits per heavy atom. The Labute approximate surface area is 121 Å². The second kappa shape index (κ2) is 5.87. The van der Waals surface area contributed by atoms with Crippen LogP contribution in [0.2, 0.25) is 10.3 Å². The molecule has 0 N–H and O–H groups in total. The molecule has 0 bridgehead atoms. The maximum atomic E-state index is 8.87. The van der Waals surface area contributed by atoms with E-state index in [0.717, 1.165) is 5.56 Å². The highest BCUT2D eigenvalue weighted by Gasteiger charge is 2.10. The first-order chi connectivity index (χ1) is 9.10. The molecule has 0 amide bonds. The first-order valence-corrected chi connectivity index (χ1v) is 6.24. The zero-order valence-electron chi connectivity index (χ0n) is 10.1. The van der Waals surface area contributed by atoms with Gasteiger partial charge in [0, 0.05) is 19.7 Å². The van der Waals surface area contributed by atoms with E-state index in [0.29, 0.717) is 22.9 Å². The highest BCUT2D eigenvalue weighted by atomic mass is 35.5. The van der Waals surface area contributed by atoms with Crippen molar-refractivity contribution in [3.63, 3.8) is 0 Å². The predicted molar refractivity (Wildman–Crippen MR) is 75.3 cm³/mol. The second-order valence-corrected chi connectivity index (χ2v) is 4.76. The van der Waals surface area contributed by atoms with Crippen molar-refractivity contribution in [1.29, 1.82) is 5.26 Å². The Kier molecular flexibility index (Phi) is 4.20. The van der Waals surface area contributed by atoms with Crippen LogP contribution in [0.5, 0.6) is 0 Å². The lowest BCUT2D eigenvalue weighted by Crippen LogP contribution is -2.17. The Morgan fingerprint density at radius 2 is 2.05 bits per heavy atom. The molecule has 0 radical (unpaired) electrons. The van der Waals surface area contributed by atoms with E-state index in [2.05, 4.69) is 16.3 Å². The number of aromatic nitrogens is 2. The highest BCUT2D eigenvalue weighted by molar-refractivity contribution is 6.33. The van der Waals surface area contributed by atoms with Crippen molar-refractivity contribution >= 4 is 28.9 Å². The number of hydrogen-bond donors (Lipinski definition) is 0. The first-order valence-electron chi connectivity index (χ1n) is 5.49. The molecule has 0 aliphatic carbocycles. The molecule has 1 heterocycles. The molecule has 1 aromatic heterocycles. The number of anilines is 1. The Bertz CT molecular complexity index is 637. The third-order valence-electron chi connectivity index (χ3n) is 2.59. The quantitative estimate of drug-likeness (QED) is 0.871. The SMILES string of the molecule is CN(Cc1cccc(C#N)c1)c1cc(Cl)nnc1Cl. The summed E-state index contributed by atoms with van der Waals surface area (Å²) in [5.74, 6) is 0. The van der Waals surface area contributed by atoms with Gasteiger partial charge in [0.1, 0.15) is 0 Å². The maximum absolute atomic E-state index is 8.87. The van der Waals surface area contributed by atoms with E-state index in [-0.39, 0.29) is 5.15 Å². The van der Waals surface area contributed by atoms with Crippen molar-refractivity contribution < 1.29 is 0 Å². The van der Waals surface area contributed by atoms with E-state index in [9.17, 15) is 0 Å². The van der Waals surface area contributed by atoms with Crippen molar-refractivity contribution in [2.24, 2.45) is 0 Å². The van der Waals surface area contributed by atoms with Gasteiger partial charge >= 0.3 is 0 Å². The highest BCUT2D eigenvalue weighted by Crippen LogP contribution is 2.25. The fourth-order valence-corrected chi connectivity index (χ4v) is 2.09. The van der Waals surface area contributed by atoms with Gasteiger partial charge in [0.15, 0.2) is 10.3 Å². The van der Waals surface area contributed by atoms with Crippen LogP contribution in [-0.4, -0.2) is 17.2 Å². The van der Waals surface area contributed by atoms with Crippen LogP contribution in [0.1, 0.15) is 11.1 Å². The van der Waals surface area contributed by atoms with E-state index in [1.165, 1.54) is 0 Å². The third-order valence-corrected chi connectivity index (χ3v) is 3.04. The van der Waals surface area contributed by atoms with Gasteiger partial charge in [0.2, 0.25) is 0 Å². The second-order valence-electron chi connectivity index (χ2n) is 4.01. The molecule has 0 spiro atoms. The Morgan fingerprint density at radius 1 is 1.26 bits per heavy atom. The van der Waals surface area contributed by atoms with Crippen LogP contribution < -0.4 is 4.90 Å². The van der Waals surface area contributed by atoms with Crippen LogP contribution in [-0.2, 0) is 6.54 Å². The van der Waals surface area contributed by atoms with E-state index >= 15 is 0 Å². The average Bonchev–Trinajstić information content (AvgIpc) is 2.41. The molecule has 1 aromatic carbocycles. The Hall–Kier alpha value is -1.83. The fourth-order valence-electron chi connectivity index (χ4n) is 1.71. The maximum Gasteiger partial charge on any atom is 0.175 e. The van der Waals surface area contributed by atoms with Crippen LogP contribution in [0.3, 0.4) is 0 Å². The largest absolute Gasteiger partial charge is 0.368 e. The minimum absolute atomic E-state index is 0.289. The van der Waals surface area contributed by atoms with E-state index < -0.39 is 0 Å². The lowest BCUT2D eigenvalue weighted by Gasteiger charge is -2.20. The smallest absolute Gasteiger partial charge is 0.175 e. The zero-order valence-corrected chi connectivity index (χ0v) is 11.7. The summed E-state index contributed by atoms with van der Waals surface area (Å²) in [5, 5.41) is 16.9. The number of nitriles is 1. The van der Waals surface area contributed by atoms with Crippen LogP contribution >= 0.6 is 23.2 Å². The summed E-state index contributed by atoms with van der Waals surface area (Å²) in [6.07, 6.45) is 0. The fraction of sp³-hybridized carbons (Fsp3) is 0.154. The first kappa shape index (κ1) is 13.6. The number of nitrogens with zero attached hydrogens (tertiary/aromatic N) is 4. The number of hydrogen-bond acceptors (Lipinski definition) is 4. The molecule has 0 aliphatic heterocycles. The molecule has 2 rings (SSSR count). The summed E-state index contributed by atoms with van der Waals surface area (Å²) < 4.78 is 0.